The van der Waals surface area contributed by atoms with Crippen molar-refractivity contribution in [3.05, 3.63) is 29.5 Å². The first-order valence-corrected chi connectivity index (χ1v) is 6.58. The lowest BCUT2D eigenvalue weighted by molar-refractivity contribution is 0.476. The highest BCUT2D eigenvalue weighted by molar-refractivity contribution is 7.10. The fourth-order valence-corrected chi connectivity index (χ4v) is 2.21. The van der Waals surface area contributed by atoms with Crippen molar-refractivity contribution in [1.82, 2.24) is 4.37 Å². The molecule has 0 aliphatic rings. The molecule has 1 aromatic heterocycles. The molecule has 0 saturated carbocycles. The highest BCUT2D eigenvalue weighted by atomic mass is 32.1. The molecule has 2 rings (SSSR count). The van der Waals surface area contributed by atoms with E-state index in [1.54, 1.807) is 19.1 Å². The molecule has 0 amide bonds. The standard InChI is InChI=1S/C13H13N5OS/c1-8-10(7-14)13(20-17-8)16-15-11-5-4-9(18(2)3)6-12(11)19/h4-6,19H,1-3H3/b16-15+. The number of anilines is 1. The van der Waals surface area contributed by atoms with Gasteiger partial charge in [0.2, 0.25) is 0 Å². The monoisotopic (exact) mass is 287 g/mol. The smallest absolute Gasteiger partial charge is 0.176 e. The molecule has 1 heterocycles. The van der Waals surface area contributed by atoms with Gasteiger partial charge >= 0.3 is 0 Å². The van der Waals surface area contributed by atoms with E-state index in [2.05, 4.69) is 14.6 Å². The number of nitrogens with zero attached hydrogens (tertiary/aromatic N) is 5. The minimum Gasteiger partial charge on any atom is -0.506 e. The number of phenolic OH excluding ortho intramolecular Hbond substituents is 1. The van der Waals surface area contributed by atoms with Crippen LogP contribution >= 0.6 is 11.5 Å². The second kappa shape index (κ2) is 5.67. The first kappa shape index (κ1) is 14.0. The maximum atomic E-state index is 9.89. The third-order valence-electron chi connectivity index (χ3n) is 2.68. The highest BCUT2D eigenvalue weighted by Gasteiger charge is 2.10. The largest absolute Gasteiger partial charge is 0.506 e. The Labute approximate surface area is 120 Å². The van der Waals surface area contributed by atoms with Gasteiger partial charge in [-0.05, 0) is 30.6 Å². The van der Waals surface area contributed by atoms with Crippen molar-refractivity contribution in [3.63, 3.8) is 0 Å². The lowest BCUT2D eigenvalue weighted by atomic mass is 10.2. The molecule has 0 unspecified atom stereocenters. The Hall–Kier alpha value is -2.46. The van der Waals surface area contributed by atoms with E-state index in [-0.39, 0.29) is 5.75 Å². The molecule has 102 valence electrons. The number of hydrogen-bond acceptors (Lipinski definition) is 7. The van der Waals surface area contributed by atoms with E-state index in [4.69, 9.17) is 5.26 Å². The van der Waals surface area contributed by atoms with Crippen LogP contribution in [0.1, 0.15) is 11.3 Å². The van der Waals surface area contributed by atoms with Crippen molar-refractivity contribution in [2.75, 3.05) is 19.0 Å². The Bertz CT molecular complexity index is 699. The topological polar surface area (TPSA) is 84.9 Å². The van der Waals surface area contributed by atoms with Crippen molar-refractivity contribution in [3.8, 4) is 11.8 Å². The Kier molecular flexibility index (Phi) is 3.96. The van der Waals surface area contributed by atoms with Gasteiger partial charge in [-0.3, -0.25) is 0 Å². The van der Waals surface area contributed by atoms with Crippen LogP contribution in [0.4, 0.5) is 16.4 Å². The number of benzene rings is 1. The molecule has 20 heavy (non-hydrogen) atoms. The summed E-state index contributed by atoms with van der Waals surface area (Å²) in [5.74, 6) is 0.0414. The van der Waals surface area contributed by atoms with Gasteiger partial charge in [0.1, 0.15) is 23.1 Å². The molecule has 0 atom stereocenters. The molecule has 0 radical (unpaired) electrons. The Morgan fingerprint density at radius 3 is 2.70 bits per heavy atom. The molecule has 0 aliphatic heterocycles. The maximum Gasteiger partial charge on any atom is 0.176 e. The SMILES string of the molecule is Cc1nsc(/N=N/c2ccc(N(C)C)cc2O)c1C#N. The van der Waals surface area contributed by atoms with Crippen LogP contribution in [0.25, 0.3) is 0 Å². The van der Waals surface area contributed by atoms with Gasteiger partial charge in [0.15, 0.2) is 5.00 Å². The molecule has 6 nitrogen and oxygen atoms in total. The number of hydrogen-bond donors (Lipinski definition) is 1. The molecule has 1 aromatic carbocycles. The Balaban J connectivity index is 2.30. The molecule has 0 aliphatic carbocycles. The molecule has 0 bridgehead atoms. The van der Waals surface area contributed by atoms with Crippen molar-refractivity contribution in [2.45, 2.75) is 6.92 Å². The predicted molar refractivity (Wildman–Crippen MR) is 78.2 cm³/mol. The summed E-state index contributed by atoms with van der Waals surface area (Å²) in [5, 5.41) is 27.3. The summed E-state index contributed by atoms with van der Waals surface area (Å²) in [6, 6.07) is 7.16. The molecule has 0 saturated heterocycles. The number of rotatable bonds is 3. The van der Waals surface area contributed by atoms with E-state index < -0.39 is 0 Å². The zero-order valence-electron chi connectivity index (χ0n) is 11.3. The molecule has 2 aromatic rings. The third-order valence-corrected chi connectivity index (χ3v) is 3.50. The second-order valence-electron chi connectivity index (χ2n) is 4.33. The van der Waals surface area contributed by atoms with E-state index in [1.165, 1.54) is 0 Å². The molecule has 1 N–H and O–H groups in total. The van der Waals surface area contributed by atoms with Gasteiger partial charge in [0, 0.05) is 25.8 Å². The number of aromatic nitrogens is 1. The zero-order chi connectivity index (χ0) is 14.7. The van der Waals surface area contributed by atoms with Crippen molar-refractivity contribution < 1.29 is 5.11 Å². The van der Waals surface area contributed by atoms with Crippen LogP contribution in [-0.2, 0) is 0 Å². The number of aromatic hydroxyl groups is 1. The van der Waals surface area contributed by atoms with Crippen molar-refractivity contribution in [2.24, 2.45) is 10.2 Å². The van der Waals surface area contributed by atoms with Gasteiger partial charge in [0.05, 0.1) is 5.69 Å². The van der Waals surface area contributed by atoms with E-state index in [0.29, 0.717) is 21.9 Å². The quantitative estimate of drug-likeness (QED) is 0.875. The number of phenols is 1. The Morgan fingerprint density at radius 1 is 1.35 bits per heavy atom. The summed E-state index contributed by atoms with van der Waals surface area (Å²) in [4.78, 5) is 1.88. The zero-order valence-corrected chi connectivity index (χ0v) is 12.1. The molecule has 7 heteroatoms. The highest BCUT2D eigenvalue weighted by Crippen LogP contribution is 2.33. The average molecular weight is 287 g/mol. The van der Waals surface area contributed by atoms with Gasteiger partial charge in [-0.15, -0.1) is 10.2 Å². The number of nitriles is 1. The van der Waals surface area contributed by atoms with E-state index >= 15 is 0 Å². The van der Waals surface area contributed by atoms with Gasteiger partial charge < -0.3 is 10.0 Å². The first-order chi connectivity index (χ1) is 9.52. The molecular formula is C13H13N5OS. The lowest BCUT2D eigenvalue weighted by Crippen LogP contribution is -2.07. The lowest BCUT2D eigenvalue weighted by Gasteiger charge is -2.12. The van der Waals surface area contributed by atoms with Crippen LogP contribution in [0.3, 0.4) is 0 Å². The Morgan fingerprint density at radius 2 is 2.10 bits per heavy atom. The summed E-state index contributed by atoms with van der Waals surface area (Å²) in [5.41, 5.74) is 2.28. The van der Waals surface area contributed by atoms with Crippen LogP contribution in [-0.4, -0.2) is 23.6 Å². The van der Waals surface area contributed by atoms with Crippen LogP contribution < -0.4 is 4.90 Å². The molecule has 0 fully saturated rings. The average Bonchev–Trinajstić information content (AvgIpc) is 2.77. The number of azo groups is 1. The van der Waals surface area contributed by atoms with Crippen LogP contribution in [0.15, 0.2) is 28.4 Å². The fraction of sp³-hybridized carbons (Fsp3) is 0.231. The van der Waals surface area contributed by atoms with E-state index in [0.717, 1.165) is 17.2 Å². The number of aryl methyl sites for hydroxylation is 1. The third kappa shape index (κ3) is 2.75. The summed E-state index contributed by atoms with van der Waals surface area (Å²) < 4.78 is 4.06. The van der Waals surface area contributed by atoms with Gasteiger partial charge in [-0.25, -0.2) is 0 Å². The predicted octanol–water partition coefficient (Wildman–Crippen LogP) is 3.51. The van der Waals surface area contributed by atoms with Crippen LogP contribution in [0.5, 0.6) is 5.75 Å². The normalized spacial score (nSPS) is 10.7. The van der Waals surface area contributed by atoms with Crippen LogP contribution in [0.2, 0.25) is 0 Å². The summed E-state index contributed by atoms with van der Waals surface area (Å²) in [6.45, 7) is 1.75. The van der Waals surface area contributed by atoms with Crippen molar-refractivity contribution >= 4 is 27.9 Å². The van der Waals surface area contributed by atoms with Crippen LogP contribution in [0, 0.1) is 18.3 Å². The maximum absolute atomic E-state index is 9.89. The minimum atomic E-state index is 0.0414. The second-order valence-corrected chi connectivity index (χ2v) is 5.08. The summed E-state index contributed by atoms with van der Waals surface area (Å²) in [7, 11) is 3.77. The van der Waals surface area contributed by atoms with Gasteiger partial charge in [-0.2, -0.15) is 9.64 Å². The molecule has 0 spiro atoms. The van der Waals surface area contributed by atoms with E-state index in [9.17, 15) is 5.11 Å². The van der Waals surface area contributed by atoms with Crippen molar-refractivity contribution in [1.29, 1.82) is 5.26 Å². The van der Waals surface area contributed by atoms with E-state index in [1.807, 2.05) is 31.1 Å². The molecular weight excluding hydrogens is 274 g/mol. The van der Waals surface area contributed by atoms with Gasteiger partial charge in [-0.1, -0.05) is 0 Å². The first-order valence-electron chi connectivity index (χ1n) is 5.81. The fourth-order valence-electron chi connectivity index (χ4n) is 1.53. The minimum absolute atomic E-state index is 0.0414. The van der Waals surface area contributed by atoms with Gasteiger partial charge in [0.25, 0.3) is 0 Å². The summed E-state index contributed by atoms with van der Waals surface area (Å²) in [6.07, 6.45) is 0. The summed E-state index contributed by atoms with van der Waals surface area (Å²) >= 11 is 1.11.